The molecule has 28 heavy (non-hydrogen) atoms. The van der Waals surface area contributed by atoms with Crippen LogP contribution in [-0.4, -0.2) is 45.7 Å². The first kappa shape index (κ1) is 18.5. The minimum atomic E-state index is -0.405. The van der Waals surface area contributed by atoms with Crippen molar-refractivity contribution in [3.05, 3.63) is 24.4 Å². The minimum Gasteiger partial charge on any atom is -0.446 e. The second-order valence-electron chi connectivity index (χ2n) is 7.86. The number of ether oxygens (including phenoxy) is 1. The lowest BCUT2D eigenvalue weighted by Crippen LogP contribution is -2.52. The van der Waals surface area contributed by atoms with Crippen LogP contribution in [-0.2, 0) is 16.6 Å². The number of hydrogen-bond donors (Lipinski definition) is 0. The van der Waals surface area contributed by atoms with Gasteiger partial charge >= 0.3 is 6.09 Å². The largest absolute Gasteiger partial charge is 0.446 e. The Hall–Kier alpha value is -2.90. The van der Waals surface area contributed by atoms with Crippen molar-refractivity contribution in [3.8, 4) is 11.3 Å². The van der Waals surface area contributed by atoms with Crippen molar-refractivity contribution >= 4 is 23.4 Å². The molecule has 0 saturated heterocycles. The molecule has 2 amide bonds. The molecule has 0 bridgehead atoms. The summed E-state index contributed by atoms with van der Waals surface area (Å²) in [5.74, 6) is 0.238. The summed E-state index contributed by atoms with van der Waals surface area (Å²) in [5, 5.41) is 8.14. The normalized spacial score (nSPS) is 19.0. The van der Waals surface area contributed by atoms with Gasteiger partial charge in [0.1, 0.15) is 5.69 Å². The van der Waals surface area contributed by atoms with Crippen LogP contribution in [0.15, 0.2) is 24.4 Å². The monoisotopic (exact) mass is 383 g/mol. The number of aryl methyl sites for hydroxylation is 1. The van der Waals surface area contributed by atoms with Gasteiger partial charge in [-0.05, 0) is 45.7 Å². The molecule has 0 spiro atoms. The Balaban J connectivity index is 1.78. The summed E-state index contributed by atoms with van der Waals surface area (Å²) in [6, 6.07) is 5.58. The predicted molar refractivity (Wildman–Crippen MR) is 105 cm³/mol. The van der Waals surface area contributed by atoms with E-state index in [9.17, 15) is 9.59 Å². The summed E-state index contributed by atoms with van der Waals surface area (Å²) in [4.78, 5) is 29.1. The van der Waals surface area contributed by atoms with Gasteiger partial charge in [0.2, 0.25) is 5.91 Å². The van der Waals surface area contributed by atoms with E-state index < -0.39 is 6.09 Å². The molecule has 1 saturated carbocycles. The smallest absolute Gasteiger partial charge is 0.414 e. The summed E-state index contributed by atoms with van der Waals surface area (Å²) in [5.41, 5.74) is 2.95. The molecule has 1 aliphatic heterocycles. The molecule has 1 aromatic carbocycles. The molecule has 2 aromatic rings. The molecule has 1 atom stereocenters. The molecule has 4 rings (SSSR count). The van der Waals surface area contributed by atoms with Gasteiger partial charge in [0.05, 0.1) is 29.7 Å². The van der Waals surface area contributed by atoms with Crippen molar-refractivity contribution in [2.24, 2.45) is 13.0 Å². The number of fused-ring (bicyclic) bond motifs is 1. The molecule has 1 aliphatic carbocycles. The highest BCUT2D eigenvalue weighted by atomic mass is 16.6. The summed E-state index contributed by atoms with van der Waals surface area (Å²) >= 11 is 0. The van der Waals surface area contributed by atoms with Gasteiger partial charge in [0.25, 0.3) is 0 Å². The maximum Gasteiger partial charge on any atom is 0.414 e. The van der Waals surface area contributed by atoms with Crippen LogP contribution in [0.1, 0.15) is 33.6 Å². The number of benzene rings is 1. The quantitative estimate of drug-likeness (QED) is 0.814. The molecule has 8 heteroatoms. The lowest BCUT2D eigenvalue weighted by molar-refractivity contribution is -0.120. The lowest BCUT2D eigenvalue weighted by Gasteiger charge is -2.41. The Morgan fingerprint density at radius 1 is 1.21 bits per heavy atom. The van der Waals surface area contributed by atoms with Crippen LogP contribution in [0, 0.1) is 5.92 Å². The van der Waals surface area contributed by atoms with Crippen molar-refractivity contribution < 1.29 is 14.3 Å². The molecule has 1 aromatic heterocycles. The zero-order valence-corrected chi connectivity index (χ0v) is 16.6. The average Bonchev–Trinajstić information content (AvgIpc) is 3.40. The van der Waals surface area contributed by atoms with Crippen LogP contribution in [0.25, 0.3) is 11.3 Å². The highest BCUT2D eigenvalue weighted by Gasteiger charge is 2.41. The summed E-state index contributed by atoms with van der Waals surface area (Å²) in [6.45, 7) is 6.01. The van der Waals surface area contributed by atoms with E-state index in [0.29, 0.717) is 17.9 Å². The van der Waals surface area contributed by atoms with Gasteiger partial charge in [-0.15, -0.1) is 5.10 Å². The number of hydrogen-bond acceptors (Lipinski definition) is 5. The van der Waals surface area contributed by atoms with E-state index in [-0.39, 0.29) is 24.0 Å². The number of carbonyl (C=O) groups excluding carboxylic acids is 2. The van der Waals surface area contributed by atoms with Crippen molar-refractivity contribution in [1.29, 1.82) is 0 Å². The molecule has 2 heterocycles. The fourth-order valence-corrected chi connectivity index (χ4v) is 3.56. The highest BCUT2D eigenvalue weighted by Crippen LogP contribution is 2.42. The maximum atomic E-state index is 12.9. The Labute approximate surface area is 164 Å². The predicted octanol–water partition coefficient (Wildman–Crippen LogP) is 2.98. The molecule has 1 unspecified atom stereocenters. The van der Waals surface area contributed by atoms with Crippen molar-refractivity contribution in [1.82, 2.24) is 15.0 Å². The number of rotatable bonds is 3. The van der Waals surface area contributed by atoms with Crippen LogP contribution in [0.2, 0.25) is 0 Å². The summed E-state index contributed by atoms with van der Waals surface area (Å²) < 4.78 is 7.08. The molecule has 0 radical (unpaired) electrons. The third-order valence-electron chi connectivity index (χ3n) is 5.03. The molecule has 8 nitrogen and oxygen atoms in total. The fourth-order valence-electron chi connectivity index (χ4n) is 3.56. The van der Waals surface area contributed by atoms with E-state index in [0.717, 1.165) is 24.1 Å². The standard InChI is InChI=1S/C20H25N5O3/c1-12(2)28-20(27)24-10-13(3)25(19(26)14-5-6-14)17-8-7-15(9-18(17)24)16-11-23(4)22-21-16/h7-9,11-14H,5-6,10H2,1-4H3. The Bertz CT molecular complexity index is 918. The number of anilines is 2. The van der Waals surface area contributed by atoms with Crippen LogP contribution in [0.3, 0.4) is 0 Å². The molecule has 1 fully saturated rings. The number of amides is 2. The van der Waals surface area contributed by atoms with Gasteiger partial charge in [0, 0.05) is 25.1 Å². The van der Waals surface area contributed by atoms with E-state index in [4.69, 9.17) is 4.74 Å². The third-order valence-corrected chi connectivity index (χ3v) is 5.03. The Kier molecular flexibility index (Phi) is 4.56. The number of aromatic nitrogens is 3. The van der Waals surface area contributed by atoms with E-state index in [1.54, 1.807) is 16.6 Å². The van der Waals surface area contributed by atoms with Gasteiger partial charge in [0.15, 0.2) is 0 Å². The number of nitrogens with zero attached hydrogens (tertiary/aromatic N) is 5. The third kappa shape index (κ3) is 3.34. The molecule has 148 valence electrons. The Morgan fingerprint density at radius 2 is 1.96 bits per heavy atom. The minimum absolute atomic E-state index is 0.101. The van der Waals surface area contributed by atoms with Crippen LogP contribution in [0.4, 0.5) is 16.2 Å². The lowest BCUT2D eigenvalue weighted by atomic mass is 10.0. The van der Waals surface area contributed by atoms with Gasteiger partial charge in [-0.1, -0.05) is 11.3 Å². The zero-order valence-electron chi connectivity index (χ0n) is 16.6. The zero-order chi connectivity index (χ0) is 20.0. The van der Waals surface area contributed by atoms with Crippen LogP contribution in [0.5, 0.6) is 0 Å². The first-order valence-electron chi connectivity index (χ1n) is 9.67. The fraction of sp³-hybridized carbons (Fsp3) is 0.500. The molecular weight excluding hydrogens is 358 g/mol. The maximum absolute atomic E-state index is 12.9. The molecular formula is C20H25N5O3. The first-order chi connectivity index (χ1) is 13.3. The first-order valence-corrected chi connectivity index (χ1v) is 9.67. The van der Waals surface area contributed by atoms with Crippen molar-refractivity contribution in [2.75, 3.05) is 16.3 Å². The highest BCUT2D eigenvalue weighted by molar-refractivity contribution is 6.05. The topological polar surface area (TPSA) is 80.6 Å². The molecule has 0 N–H and O–H groups in total. The van der Waals surface area contributed by atoms with E-state index in [1.807, 2.05) is 50.1 Å². The van der Waals surface area contributed by atoms with Crippen molar-refractivity contribution in [3.63, 3.8) is 0 Å². The van der Waals surface area contributed by atoms with E-state index >= 15 is 0 Å². The summed E-state index contributed by atoms with van der Waals surface area (Å²) in [6.07, 6.45) is 3.07. The number of carbonyl (C=O) groups is 2. The van der Waals surface area contributed by atoms with Crippen molar-refractivity contribution in [2.45, 2.75) is 45.8 Å². The van der Waals surface area contributed by atoms with Gasteiger partial charge in [-0.3, -0.25) is 14.4 Å². The summed E-state index contributed by atoms with van der Waals surface area (Å²) in [7, 11) is 1.80. The van der Waals surface area contributed by atoms with Gasteiger partial charge in [-0.2, -0.15) is 0 Å². The SMILES string of the molecule is CC(C)OC(=O)N1CC(C)N(C(=O)C2CC2)c2ccc(-c3cn(C)nn3)cc21. The van der Waals surface area contributed by atoms with Crippen LogP contribution < -0.4 is 9.80 Å². The Morgan fingerprint density at radius 3 is 2.57 bits per heavy atom. The molecule has 2 aliphatic rings. The second kappa shape index (κ2) is 6.92. The van der Waals surface area contributed by atoms with E-state index in [1.165, 1.54) is 0 Å². The van der Waals surface area contributed by atoms with Gasteiger partial charge in [-0.25, -0.2) is 4.79 Å². The van der Waals surface area contributed by atoms with E-state index in [2.05, 4.69) is 10.3 Å². The average molecular weight is 383 g/mol. The second-order valence-corrected chi connectivity index (χ2v) is 7.86. The van der Waals surface area contributed by atoms with Gasteiger partial charge < -0.3 is 9.64 Å². The van der Waals surface area contributed by atoms with Crippen LogP contribution >= 0.6 is 0 Å².